The summed E-state index contributed by atoms with van der Waals surface area (Å²) in [6, 6.07) is 5.52. The van der Waals surface area contributed by atoms with Crippen molar-refractivity contribution >= 4 is 11.6 Å². The molecule has 1 heterocycles. The fourth-order valence-electron chi connectivity index (χ4n) is 1.82. The zero-order valence-electron chi connectivity index (χ0n) is 9.76. The number of hydrogen-bond donors (Lipinski definition) is 1. The maximum atomic E-state index is 10.3. The third-order valence-corrected chi connectivity index (χ3v) is 2.83. The number of rotatable bonds is 3. The molecule has 0 aliphatic heterocycles. The molecule has 2 rings (SSSR count). The second kappa shape index (κ2) is 4.85. The van der Waals surface area contributed by atoms with Gasteiger partial charge in [-0.05, 0) is 37.1 Å². The highest BCUT2D eigenvalue weighted by molar-refractivity contribution is 6.30. The predicted molar refractivity (Wildman–Crippen MR) is 65.9 cm³/mol. The molecule has 1 unspecified atom stereocenters. The van der Waals surface area contributed by atoms with Gasteiger partial charge in [0.1, 0.15) is 6.10 Å². The standard InChI is InChI=1S/C12H14ClN3O/c1-3-16-11(7-14-15-16)12(17)9-4-8(2)5-10(13)6-9/h4-7,12,17H,3H2,1-2H3. The van der Waals surface area contributed by atoms with E-state index in [1.807, 2.05) is 26.0 Å². The summed E-state index contributed by atoms with van der Waals surface area (Å²) in [5.74, 6) is 0. The summed E-state index contributed by atoms with van der Waals surface area (Å²) in [4.78, 5) is 0. The monoisotopic (exact) mass is 251 g/mol. The predicted octanol–water partition coefficient (Wildman–Crippen LogP) is 2.34. The Morgan fingerprint density at radius 1 is 1.41 bits per heavy atom. The number of halogens is 1. The van der Waals surface area contributed by atoms with Crippen LogP contribution in [0.3, 0.4) is 0 Å². The van der Waals surface area contributed by atoms with E-state index in [0.717, 1.165) is 11.1 Å². The van der Waals surface area contributed by atoms with Crippen LogP contribution in [0, 0.1) is 6.92 Å². The first kappa shape index (κ1) is 12.1. The van der Waals surface area contributed by atoms with Gasteiger partial charge in [0.25, 0.3) is 0 Å². The Bertz CT molecular complexity index is 504. The summed E-state index contributed by atoms with van der Waals surface area (Å²) < 4.78 is 1.67. The molecular formula is C12H14ClN3O. The van der Waals surface area contributed by atoms with Gasteiger partial charge in [-0.3, -0.25) is 0 Å². The maximum absolute atomic E-state index is 10.3. The molecule has 0 saturated carbocycles. The molecule has 4 nitrogen and oxygen atoms in total. The lowest BCUT2D eigenvalue weighted by atomic mass is 10.0. The van der Waals surface area contributed by atoms with E-state index >= 15 is 0 Å². The summed E-state index contributed by atoms with van der Waals surface area (Å²) in [6.07, 6.45) is 0.826. The van der Waals surface area contributed by atoms with Crippen molar-refractivity contribution in [2.75, 3.05) is 0 Å². The first-order valence-corrected chi connectivity index (χ1v) is 5.83. The number of aryl methyl sites for hydroxylation is 2. The van der Waals surface area contributed by atoms with Gasteiger partial charge in [-0.15, -0.1) is 5.10 Å². The normalized spacial score (nSPS) is 12.7. The van der Waals surface area contributed by atoms with Crippen molar-refractivity contribution in [3.63, 3.8) is 0 Å². The van der Waals surface area contributed by atoms with Crippen LogP contribution >= 0.6 is 11.6 Å². The summed E-state index contributed by atoms with van der Waals surface area (Å²) in [5, 5.41) is 18.6. The van der Waals surface area contributed by atoms with Crippen LogP contribution in [-0.4, -0.2) is 20.1 Å². The molecule has 0 saturated heterocycles. The van der Waals surface area contributed by atoms with Crippen molar-refractivity contribution in [3.8, 4) is 0 Å². The van der Waals surface area contributed by atoms with Gasteiger partial charge < -0.3 is 5.11 Å². The number of aliphatic hydroxyl groups excluding tert-OH is 1. The van der Waals surface area contributed by atoms with Gasteiger partial charge in [0.2, 0.25) is 0 Å². The molecule has 0 aliphatic rings. The fourth-order valence-corrected chi connectivity index (χ4v) is 2.11. The Labute approximate surface area is 105 Å². The third kappa shape index (κ3) is 2.48. The van der Waals surface area contributed by atoms with Crippen molar-refractivity contribution in [3.05, 3.63) is 46.2 Å². The minimum Gasteiger partial charge on any atom is -0.382 e. The Balaban J connectivity index is 2.39. The molecule has 0 radical (unpaired) electrons. The van der Waals surface area contributed by atoms with E-state index in [1.165, 1.54) is 0 Å². The summed E-state index contributed by atoms with van der Waals surface area (Å²) >= 11 is 5.98. The highest BCUT2D eigenvalue weighted by atomic mass is 35.5. The Hall–Kier alpha value is -1.39. The molecule has 0 fully saturated rings. The molecular weight excluding hydrogens is 238 g/mol. The van der Waals surface area contributed by atoms with Crippen LogP contribution in [0.2, 0.25) is 5.02 Å². The lowest BCUT2D eigenvalue weighted by Crippen LogP contribution is -2.09. The topological polar surface area (TPSA) is 50.9 Å². The quantitative estimate of drug-likeness (QED) is 0.911. The average Bonchev–Trinajstić information content (AvgIpc) is 2.74. The molecule has 0 amide bonds. The van der Waals surface area contributed by atoms with E-state index < -0.39 is 6.10 Å². The van der Waals surface area contributed by atoms with Gasteiger partial charge in [-0.25, -0.2) is 4.68 Å². The average molecular weight is 252 g/mol. The number of nitrogens with zero attached hydrogens (tertiary/aromatic N) is 3. The fraction of sp³-hybridized carbons (Fsp3) is 0.333. The summed E-state index contributed by atoms with van der Waals surface area (Å²) in [6.45, 7) is 4.57. The van der Waals surface area contributed by atoms with Crippen LogP contribution in [0.5, 0.6) is 0 Å². The van der Waals surface area contributed by atoms with Crippen molar-refractivity contribution < 1.29 is 5.11 Å². The van der Waals surface area contributed by atoms with E-state index in [9.17, 15) is 5.11 Å². The van der Waals surface area contributed by atoms with Gasteiger partial charge in [0.05, 0.1) is 11.9 Å². The smallest absolute Gasteiger partial charge is 0.122 e. The molecule has 2 aromatic rings. The van der Waals surface area contributed by atoms with Crippen molar-refractivity contribution in [2.24, 2.45) is 0 Å². The van der Waals surface area contributed by atoms with E-state index in [-0.39, 0.29) is 0 Å². The minimum absolute atomic E-state index is 0.620. The van der Waals surface area contributed by atoms with Crippen LogP contribution in [0.1, 0.15) is 29.8 Å². The zero-order valence-corrected chi connectivity index (χ0v) is 10.5. The lowest BCUT2D eigenvalue weighted by Gasteiger charge is -2.12. The number of aromatic nitrogens is 3. The van der Waals surface area contributed by atoms with E-state index in [1.54, 1.807) is 16.9 Å². The molecule has 1 aromatic heterocycles. The van der Waals surface area contributed by atoms with Crippen LogP contribution in [-0.2, 0) is 6.54 Å². The largest absolute Gasteiger partial charge is 0.382 e. The third-order valence-electron chi connectivity index (χ3n) is 2.61. The van der Waals surface area contributed by atoms with Crippen LogP contribution in [0.15, 0.2) is 24.4 Å². The van der Waals surface area contributed by atoms with Gasteiger partial charge in [-0.1, -0.05) is 22.9 Å². The molecule has 17 heavy (non-hydrogen) atoms. The summed E-state index contributed by atoms with van der Waals surface area (Å²) in [5.41, 5.74) is 2.45. The van der Waals surface area contributed by atoms with Crippen LogP contribution in [0.4, 0.5) is 0 Å². The second-order valence-corrected chi connectivity index (χ2v) is 4.38. The second-order valence-electron chi connectivity index (χ2n) is 3.94. The number of aliphatic hydroxyl groups is 1. The van der Waals surface area contributed by atoms with Crippen molar-refractivity contribution in [1.29, 1.82) is 0 Å². The van der Waals surface area contributed by atoms with Crippen molar-refractivity contribution in [2.45, 2.75) is 26.5 Å². The molecule has 90 valence electrons. The minimum atomic E-state index is -0.748. The number of benzene rings is 1. The van der Waals surface area contributed by atoms with Gasteiger partial charge in [-0.2, -0.15) is 0 Å². The molecule has 1 aromatic carbocycles. The SMILES string of the molecule is CCn1nncc1C(O)c1cc(C)cc(Cl)c1. The highest BCUT2D eigenvalue weighted by Gasteiger charge is 2.16. The van der Waals surface area contributed by atoms with E-state index in [4.69, 9.17) is 11.6 Å². The zero-order chi connectivity index (χ0) is 12.4. The van der Waals surface area contributed by atoms with Crippen molar-refractivity contribution in [1.82, 2.24) is 15.0 Å². The molecule has 1 atom stereocenters. The van der Waals surface area contributed by atoms with Gasteiger partial charge in [0.15, 0.2) is 0 Å². The number of hydrogen-bond acceptors (Lipinski definition) is 3. The van der Waals surface area contributed by atoms with E-state index in [2.05, 4.69) is 10.3 Å². The van der Waals surface area contributed by atoms with Crippen LogP contribution < -0.4 is 0 Å². The Morgan fingerprint density at radius 3 is 2.82 bits per heavy atom. The van der Waals surface area contributed by atoms with Crippen LogP contribution in [0.25, 0.3) is 0 Å². The lowest BCUT2D eigenvalue weighted by molar-refractivity contribution is 0.208. The highest BCUT2D eigenvalue weighted by Crippen LogP contribution is 2.25. The van der Waals surface area contributed by atoms with E-state index in [0.29, 0.717) is 17.3 Å². The first-order chi connectivity index (χ1) is 8.11. The maximum Gasteiger partial charge on any atom is 0.122 e. The summed E-state index contributed by atoms with van der Waals surface area (Å²) in [7, 11) is 0. The Kier molecular flexibility index (Phi) is 3.45. The molecule has 1 N–H and O–H groups in total. The molecule has 0 spiro atoms. The molecule has 5 heteroatoms. The first-order valence-electron chi connectivity index (χ1n) is 5.45. The molecule has 0 bridgehead atoms. The Morgan fingerprint density at radius 2 is 2.18 bits per heavy atom. The van der Waals surface area contributed by atoms with Gasteiger partial charge in [0, 0.05) is 11.6 Å². The van der Waals surface area contributed by atoms with Gasteiger partial charge >= 0.3 is 0 Å². The molecule has 0 aliphatic carbocycles.